The monoisotopic (exact) mass is 148 g/mol. The predicted octanol–water partition coefficient (Wildman–Crippen LogP) is 2.42. The van der Waals surface area contributed by atoms with Crippen molar-refractivity contribution < 1.29 is 4.74 Å². The zero-order valence-electron chi connectivity index (χ0n) is 6.87. The van der Waals surface area contributed by atoms with Gasteiger partial charge in [-0.1, -0.05) is 17.7 Å². The highest BCUT2D eigenvalue weighted by atomic mass is 16.5. The summed E-state index contributed by atoms with van der Waals surface area (Å²) in [6, 6.07) is 0. The topological polar surface area (TPSA) is 9.23 Å². The Bertz CT molecular complexity index is 258. The number of rotatable bonds is 0. The summed E-state index contributed by atoms with van der Waals surface area (Å²) in [5.41, 5.74) is 2.72. The van der Waals surface area contributed by atoms with Gasteiger partial charge in [0, 0.05) is 5.92 Å². The van der Waals surface area contributed by atoms with Crippen LogP contribution in [0, 0.1) is 5.92 Å². The number of allylic oxidation sites excluding steroid dienone is 2. The first-order valence-electron chi connectivity index (χ1n) is 3.96. The SMILES string of the molecule is CC1=CC=C(C)C2OC=CC12. The van der Waals surface area contributed by atoms with E-state index in [1.165, 1.54) is 11.1 Å². The van der Waals surface area contributed by atoms with Gasteiger partial charge >= 0.3 is 0 Å². The molecule has 1 heteroatoms. The van der Waals surface area contributed by atoms with E-state index in [1.54, 1.807) is 0 Å². The van der Waals surface area contributed by atoms with E-state index in [0.717, 1.165) is 0 Å². The molecule has 0 saturated heterocycles. The van der Waals surface area contributed by atoms with Crippen LogP contribution in [0.2, 0.25) is 0 Å². The summed E-state index contributed by atoms with van der Waals surface area (Å²) in [6.07, 6.45) is 8.56. The Kier molecular flexibility index (Phi) is 1.38. The van der Waals surface area contributed by atoms with Crippen molar-refractivity contribution in [1.82, 2.24) is 0 Å². The van der Waals surface area contributed by atoms with Gasteiger partial charge in [-0.3, -0.25) is 0 Å². The Morgan fingerprint density at radius 3 is 2.64 bits per heavy atom. The molecule has 0 radical (unpaired) electrons. The largest absolute Gasteiger partial charge is 0.493 e. The fourth-order valence-corrected chi connectivity index (χ4v) is 1.65. The second kappa shape index (κ2) is 2.26. The molecule has 2 unspecified atom stereocenters. The Morgan fingerprint density at radius 1 is 1.18 bits per heavy atom. The minimum Gasteiger partial charge on any atom is -0.493 e. The summed E-state index contributed by atoms with van der Waals surface area (Å²) in [6.45, 7) is 4.27. The highest BCUT2D eigenvalue weighted by Gasteiger charge is 2.28. The molecule has 0 amide bonds. The highest BCUT2D eigenvalue weighted by molar-refractivity contribution is 5.33. The van der Waals surface area contributed by atoms with Gasteiger partial charge in [0.2, 0.25) is 0 Å². The lowest BCUT2D eigenvalue weighted by molar-refractivity contribution is 0.177. The van der Waals surface area contributed by atoms with Gasteiger partial charge in [0.05, 0.1) is 6.26 Å². The van der Waals surface area contributed by atoms with Crippen LogP contribution in [-0.4, -0.2) is 6.10 Å². The molecule has 0 bridgehead atoms. The van der Waals surface area contributed by atoms with Crippen molar-refractivity contribution in [2.24, 2.45) is 5.92 Å². The fraction of sp³-hybridized carbons (Fsp3) is 0.400. The van der Waals surface area contributed by atoms with E-state index in [0.29, 0.717) is 12.0 Å². The molecule has 0 aromatic heterocycles. The van der Waals surface area contributed by atoms with Gasteiger partial charge in [0.15, 0.2) is 0 Å². The van der Waals surface area contributed by atoms with Gasteiger partial charge in [-0.15, -0.1) is 0 Å². The van der Waals surface area contributed by atoms with E-state index in [4.69, 9.17) is 4.74 Å². The first-order chi connectivity index (χ1) is 5.29. The van der Waals surface area contributed by atoms with Crippen molar-refractivity contribution in [2.75, 3.05) is 0 Å². The van der Waals surface area contributed by atoms with Gasteiger partial charge < -0.3 is 4.74 Å². The second-order valence-electron chi connectivity index (χ2n) is 3.23. The summed E-state index contributed by atoms with van der Waals surface area (Å²) in [7, 11) is 0. The molecule has 2 aliphatic rings. The normalized spacial score (nSPS) is 34.0. The van der Waals surface area contributed by atoms with E-state index in [-0.39, 0.29) is 0 Å². The van der Waals surface area contributed by atoms with E-state index >= 15 is 0 Å². The van der Waals surface area contributed by atoms with Gasteiger partial charge in [-0.2, -0.15) is 0 Å². The molecule has 58 valence electrons. The van der Waals surface area contributed by atoms with Crippen LogP contribution in [0.3, 0.4) is 0 Å². The van der Waals surface area contributed by atoms with Gasteiger partial charge in [0.25, 0.3) is 0 Å². The molecule has 0 N–H and O–H groups in total. The lowest BCUT2D eigenvalue weighted by Crippen LogP contribution is -2.21. The van der Waals surface area contributed by atoms with Gasteiger partial charge in [-0.05, 0) is 25.5 Å². The zero-order chi connectivity index (χ0) is 7.84. The zero-order valence-corrected chi connectivity index (χ0v) is 6.87. The van der Waals surface area contributed by atoms with Crippen molar-refractivity contribution in [2.45, 2.75) is 20.0 Å². The molecule has 1 aliphatic carbocycles. The second-order valence-corrected chi connectivity index (χ2v) is 3.23. The fourth-order valence-electron chi connectivity index (χ4n) is 1.65. The Hall–Kier alpha value is -0.980. The Morgan fingerprint density at radius 2 is 1.91 bits per heavy atom. The molecule has 1 nitrogen and oxygen atoms in total. The Labute approximate surface area is 67.1 Å². The molecule has 2 atom stereocenters. The molecule has 2 rings (SSSR count). The van der Waals surface area contributed by atoms with Crippen molar-refractivity contribution in [3.63, 3.8) is 0 Å². The maximum atomic E-state index is 5.45. The molecule has 0 aromatic rings. The maximum absolute atomic E-state index is 5.45. The summed E-state index contributed by atoms with van der Waals surface area (Å²) in [5, 5.41) is 0. The average Bonchev–Trinajstić information content (AvgIpc) is 2.45. The smallest absolute Gasteiger partial charge is 0.129 e. The third-order valence-electron chi connectivity index (χ3n) is 2.42. The number of hydrogen-bond acceptors (Lipinski definition) is 1. The van der Waals surface area contributed by atoms with E-state index in [1.807, 2.05) is 6.26 Å². The van der Waals surface area contributed by atoms with Crippen LogP contribution in [0.5, 0.6) is 0 Å². The highest BCUT2D eigenvalue weighted by Crippen LogP contribution is 2.32. The molecular weight excluding hydrogens is 136 g/mol. The first kappa shape index (κ1) is 6.71. The summed E-state index contributed by atoms with van der Waals surface area (Å²) >= 11 is 0. The van der Waals surface area contributed by atoms with Crippen LogP contribution in [0.4, 0.5) is 0 Å². The third kappa shape index (κ3) is 0.917. The predicted molar refractivity (Wildman–Crippen MR) is 45.0 cm³/mol. The number of fused-ring (bicyclic) bond motifs is 1. The molecule has 1 heterocycles. The van der Waals surface area contributed by atoms with Crippen LogP contribution in [0.15, 0.2) is 35.6 Å². The third-order valence-corrected chi connectivity index (χ3v) is 2.42. The first-order valence-corrected chi connectivity index (χ1v) is 3.96. The van der Waals surface area contributed by atoms with E-state index < -0.39 is 0 Å². The molecule has 0 aromatic carbocycles. The number of hydrogen-bond donors (Lipinski definition) is 0. The van der Waals surface area contributed by atoms with E-state index in [9.17, 15) is 0 Å². The molecule has 0 saturated carbocycles. The molecule has 0 spiro atoms. The molecule has 0 fully saturated rings. The van der Waals surface area contributed by atoms with Crippen LogP contribution in [0.1, 0.15) is 13.8 Å². The minimum atomic E-state index is 0.292. The molecular formula is C10H12O. The van der Waals surface area contributed by atoms with Crippen molar-refractivity contribution >= 4 is 0 Å². The Balaban J connectivity index is 2.35. The van der Waals surface area contributed by atoms with E-state index in [2.05, 4.69) is 32.1 Å². The maximum Gasteiger partial charge on any atom is 0.129 e. The number of ether oxygens (including phenoxy) is 1. The molecule has 11 heavy (non-hydrogen) atoms. The summed E-state index contributed by atoms with van der Waals surface area (Å²) in [4.78, 5) is 0. The van der Waals surface area contributed by atoms with Crippen LogP contribution >= 0.6 is 0 Å². The van der Waals surface area contributed by atoms with Crippen LogP contribution < -0.4 is 0 Å². The lowest BCUT2D eigenvalue weighted by atomic mass is 9.87. The standard InChI is InChI=1S/C10H12O/c1-7-3-4-8(2)10-9(7)5-6-11-10/h3-6,9-10H,1-2H3. The van der Waals surface area contributed by atoms with Gasteiger partial charge in [-0.25, -0.2) is 0 Å². The van der Waals surface area contributed by atoms with Crippen molar-refractivity contribution in [3.8, 4) is 0 Å². The minimum absolute atomic E-state index is 0.292. The van der Waals surface area contributed by atoms with Crippen molar-refractivity contribution in [3.05, 3.63) is 35.6 Å². The van der Waals surface area contributed by atoms with Crippen LogP contribution in [0.25, 0.3) is 0 Å². The lowest BCUT2D eigenvalue weighted by Gasteiger charge is -2.23. The van der Waals surface area contributed by atoms with Crippen molar-refractivity contribution in [1.29, 1.82) is 0 Å². The van der Waals surface area contributed by atoms with Gasteiger partial charge in [0.1, 0.15) is 6.10 Å². The summed E-state index contributed by atoms with van der Waals surface area (Å²) in [5.74, 6) is 0.500. The van der Waals surface area contributed by atoms with Crippen LogP contribution in [-0.2, 0) is 4.74 Å². The summed E-state index contributed by atoms with van der Waals surface area (Å²) < 4.78 is 5.45. The quantitative estimate of drug-likeness (QED) is 0.512. The average molecular weight is 148 g/mol. The molecule has 1 aliphatic heterocycles.